The molecule has 18 heavy (non-hydrogen) atoms. The van der Waals surface area contributed by atoms with Crippen LogP contribution < -0.4 is 4.74 Å². The molecule has 0 radical (unpaired) electrons. The Labute approximate surface area is 102 Å². The minimum atomic E-state index is -0.860. The van der Waals surface area contributed by atoms with Gasteiger partial charge in [-0.1, -0.05) is 0 Å². The third-order valence-electron chi connectivity index (χ3n) is 2.58. The van der Waals surface area contributed by atoms with Gasteiger partial charge in [-0.3, -0.25) is 0 Å². The number of ether oxygens (including phenoxy) is 3. The van der Waals surface area contributed by atoms with Crippen LogP contribution in [0.3, 0.4) is 0 Å². The zero-order valence-corrected chi connectivity index (χ0v) is 9.97. The Kier molecular flexibility index (Phi) is 3.35. The molecule has 2 heterocycles. The molecule has 0 saturated carbocycles. The molecule has 2 rings (SSSR count). The summed E-state index contributed by atoms with van der Waals surface area (Å²) in [6.07, 6.45) is -0.825. The molecule has 0 atom stereocenters. The van der Waals surface area contributed by atoms with Crippen molar-refractivity contribution in [1.29, 1.82) is 0 Å². The lowest BCUT2D eigenvalue weighted by Gasteiger charge is -2.23. The minimum absolute atomic E-state index is 0.0846. The third-order valence-corrected chi connectivity index (χ3v) is 2.58. The molecule has 8 heteroatoms. The number of carbonyl (C=O) groups excluding carboxylic acids is 2. The molecule has 8 nitrogen and oxygen atoms in total. The molecule has 0 spiro atoms. The predicted octanol–water partition coefficient (Wildman–Crippen LogP) is 0.944. The van der Waals surface area contributed by atoms with Gasteiger partial charge in [0.15, 0.2) is 5.76 Å². The van der Waals surface area contributed by atoms with Gasteiger partial charge in [0.1, 0.15) is 0 Å². The van der Waals surface area contributed by atoms with Crippen molar-refractivity contribution < 1.29 is 28.3 Å². The van der Waals surface area contributed by atoms with Crippen LogP contribution in [-0.2, 0) is 22.4 Å². The van der Waals surface area contributed by atoms with Crippen LogP contribution in [0.1, 0.15) is 11.3 Å². The highest BCUT2D eigenvalue weighted by Gasteiger charge is 2.29. The van der Waals surface area contributed by atoms with E-state index < -0.39 is 12.2 Å². The lowest BCUT2D eigenvalue weighted by Crippen LogP contribution is -2.35. The average molecular weight is 256 g/mol. The molecule has 1 aliphatic heterocycles. The van der Waals surface area contributed by atoms with Crippen LogP contribution in [0.2, 0.25) is 0 Å². The number of carbonyl (C=O) groups is 2. The van der Waals surface area contributed by atoms with Crippen LogP contribution in [0.25, 0.3) is 0 Å². The quantitative estimate of drug-likeness (QED) is 0.690. The first-order valence-electron chi connectivity index (χ1n) is 5.21. The fraction of sp³-hybridized carbons (Fsp3) is 0.500. The zero-order chi connectivity index (χ0) is 13.1. The van der Waals surface area contributed by atoms with Crippen LogP contribution in [0.5, 0.6) is 5.88 Å². The van der Waals surface area contributed by atoms with Crippen molar-refractivity contribution in [2.45, 2.75) is 13.0 Å². The first-order chi connectivity index (χ1) is 8.65. The first-order valence-corrected chi connectivity index (χ1v) is 5.21. The van der Waals surface area contributed by atoms with Gasteiger partial charge in [-0.2, -0.15) is 0 Å². The fourth-order valence-corrected chi connectivity index (χ4v) is 1.68. The molecule has 0 aromatic carbocycles. The summed E-state index contributed by atoms with van der Waals surface area (Å²) >= 11 is 0. The molecule has 1 aromatic rings. The number of nitrogens with zero attached hydrogens (tertiary/aromatic N) is 2. The molecular formula is C10H12N2O6. The second-order valence-corrected chi connectivity index (χ2v) is 3.59. The van der Waals surface area contributed by atoms with Crippen molar-refractivity contribution in [2.24, 2.45) is 0 Å². The van der Waals surface area contributed by atoms with E-state index in [4.69, 9.17) is 9.26 Å². The van der Waals surface area contributed by atoms with Crippen LogP contribution in [0, 0.1) is 0 Å². The van der Waals surface area contributed by atoms with E-state index in [0.717, 1.165) is 0 Å². The van der Waals surface area contributed by atoms with E-state index >= 15 is 0 Å². The van der Waals surface area contributed by atoms with Crippen LogP contribution in [0.15, 0.2) is 4.52 Å². The Balaban J connectivity index is 2.12. The number of amides is 1. The number of hydrogen-bond acceptors (Lipinski definition) is 7. The number of hydrogen-bond donors (Lipinski definition) is 0. The summed E-state index contributed by atoms with van der Waals surface area (Å²) in [5.74, 6) is 0.562. The Morgan fingerprint density at radius 2 is 2.11 bits per heavy atom. The van der Waals surface area contributed by atoms with Gasteiger partial charge in [-0.15, -0.1) is 0 Å². The molecule has 0 unspecified atom stereocenters. The molecule has 0 saturated heterocycles. The second kappa shape index (κ2) is 4.94. The highest BCUT2D eigenvalue weighted by atomic mass is 16.7. The third kappa shape index (κ3) is 2.22. The van der Waals surface area contributed by atoms with Gasteiger partial charge < -0.3 is 23.6 Å². The van der Waals surface area contributed by atoms with Crippen molar-refractivity contribution in [3.05, 3.63) is 11.3 Å². The van der Waals surface area contributed by atoms with Gasteiger partial charge >= 0.3 is 12.2 Å². The highest BCUT2D eigenvalue weighted by Crippen LogP contribution is 2.27. The van der Waals surface area contributed by atoms with Crippen molar-refractivity contribution >= 4 is 12.2 Å². The topological polar surface area (TPSA) is 91.1 Å². The number of fused-ring (bicyclic) bond motifs is 1. The zero-order valence-electron chi connectivity index (χ0n) is 9.97. The van der Waals surface area contributed by atoms with Gasteiger partial charge in [0.2, 0.25) is 0 Å². The standard InChI is InChI=1S/C10H12N2O6/c1-15-9(13)12-4-3-6-7(5-12)18-11-8(6)17-10(14)16-2/h3-5H2,1-2H3. The van der Waals surface area contributed by atoms with Gasteiger partial charge in [-0.05, 0) is 11.6 Å². The average Bonchev–Trinajstić information content (AvgIpc) is 2.80. The molecule has 0 N–H and O–H groups in total. The molecular weight excluding hydrogens is 244 g/mol. The van der Waals surface area contributed by atoms with Crippen molar-refractivity contribution in [3.63, 3.8) is 0 Å². The molecule has 0 fully saturated rings. The molecule has 1 amide bonds. The maximum absolute atomic E-state index is 11.3. The first kappa shape index (κ1) is 12.2. The minimum Gasteiger partial charge on any atom is -0.453 e. The molecule has 98 valence electrons. The van der Waals surface area contributed by atoms with E-state index in [1.807, 2.05) is 0 Å². The monoisotopic (exact) mass is 256 g/mol. The van der Waals surface area contributed by atoms with Crippen molar-refractivity contribution in [3.8, 4) is 5.88 Å². The summed E-state index contributed by atoms with van der Waals surface area (Å²) in [5, 5.41) is 3.63. The summed E-state index contributed by atoms with van der Waals surface area (Å²) in [6.45, 7) is 0.679. The molecule has 1 aromatic heterocycles. The second-order valence-electron chi connectivity index (χ2n) is 3.59. The van der Waals surface area contributed by atoms with Gasteiger partial charge in [0, 0.05) is 6.54 Å². The lowest BCUT2D eigenvalue weighted by atomic mass is 10.1. The summed E-state index contributed by atoms with van der Waals surface area (Å²) in [7, 11) is 2.51. The Hall–Kier alpha value is -2.25. The smallest absolute Gasteiger partial charge is 0.453 e. The number of methoxy groups -OCH3 is 2. The van der Waals surface area contributed by atoms with Gasteiger partial charge in [0.25, 0.3) is 5.88 Å². The molecule has 0 bridgehead atoms. The summed E-state index contributed by atoms with van der Waals surface area (Å²) in [4.78, 5) is 23.8. The highest BCUT2D eigenvalue weighted by molar-refractivity contribution is 5.68. The van der Waals surface area contributed by atoms with Crippen molar-refractivity contribution in [1.82, 2.24) is 10.1 Å². The van der Waals surface area contributed by atoms with Crippen LogP contribution >= 0.6 is 0 Å². The predicted molar refractivity (Wildman–Crippen MR) is 56.1 cm³/mol. The van der Waals surface area contributed by atoms with Gasteiger partial charge in [0.05, 0.1) is 26.3 Å². The van der Waals surface area contributed by atoms with E-state index in [0.29, 0.717) is 24.3 Å². The maximum Gasteiger partial charge on any atom is 0.515 e. The molecule has 0 aliphatic carbocycles. The van der Waals surface area contributed by atoms with E-state index in [1.54, 1.807) is 0 Å². The Morgan fingerprint density at radius 1 is 1.33 bits per heavy atom. The van der Waals surface area contributed by atoms with Crippen LogP contribution in [0.4, 0.5) is 9.59 Å². The van der Waals surface area contributed by atoms with E-state index in [1.165, 1.54) is 19.1 Å². The number of rotatable bonds is 1. The summed E-state index contributed by atoms with van der Waals surface area (Å²) < 4.78 is 18.8. The SMILES string of the molecule is COC(=O)Oc1noc2c1CCN(C(=O)OC)C2. The van der Waals surface area contributed by atoms with Gasteiger partial charge in [-0.25, -0.2) is 9.59 Å². The van der Waals surface area contributed by atoms with E-state index in [-0.39, 0.29) is 12.4 Å². The normalized spacial score (nSPS) is 13.8. The van der Waals surface area contributed by atoms with Crippen LogP contribution in [-0.4, -0.2) is 43.1 Å². The maximum atomic E-state index is 11.3. The largest absolute Gasteiger partial charge is 0.515 e. The Morgan fingerprint density at radius 3 is 2.78 bits per heavy atom. The van der Waals surface area contributed by atoms with E-state index in [9.17, 15) is 9.59 Å². The molecule has 1 aliphatic rings. The lowest BCUT2D eigenvalue weighted by molar-refractivity contribution is 0.113. The van der Waals surface area contributed by atoms with Crippen molar-refractivity contribution in [2.75, 3.05) is 20.8 Å². The number of aromatic nitrogens is 1. The summed E-state index contributed by atoms with van der Waals surface area (Å²) in [5.41, 5.74) is 0.667. The van der Waals surface area contributed by atoms with E-state index in [2.05, 4.69) is 14.6 Å². The Bertz CT molecular complexity index is 469. The fourth-order valence-electron chi connectivity index (χ4n) is 1.68. The summed E-state index contributed by atoms with van der Waals surface area (Å²) in [6, 6.07) is 0.